The molecule has 1 N–H and O–H groups in total. The van der Waals surface area contributed by atoms with Gasteiger partial charge in [-0.2, -0.15) is 10.2 Å². The average molecular weight is 244 g/mol. The normalized spacial score (nSPS) is 10.1. The highest BCUT2D eigenvalue weighted by atomic mass is 16.5. The van der Waals surface area contributed by atoms with Crippen molar-refractivity contribution >= 4 is 5.97 Å². The monoisotopic (exact) mass is 244 g/mol. The molecule has 5 heteroatoms. The lowest BCUT2D eigenvalue weighted by Crippen LogP contribution is -2.04. The standard InChI is InChI=1S/C13H12N2O3/c1-8-11(13(16)17)7-12(15-14-8)9-3-5-10(18-2)6-4-9/h3-7H,1-2H3,(H,16,17). The molecule has 0 spiro atoms. The predicted octanol–water partition coefficient (Wildman–Crippen LogP) is 2.16. The van der Waals surface area contributed by atoms with E-state index in [0.717, 1.165) is 11.3 Å². The molecule has 0 aliphatic carbocycles. The molecule has 0 bridgehead atoms. The van der Waals surface area contributed by atoms with Gasteiger partial charge in [0.15, 0.2) is 0 Å². The van der Waals surface area contributed by atoms with Crippen LogP contribution in [0, 0.1) is 6.92 Å². The van der Waals surface area contributed by atoms with Gasteiger partial charge in [0.05, 0.1) is 24.1 Å². The van der Waals surface area contributed by atoms with Crippen molar-refractivity contribution in [3.8, 4) is 17.0 Å². The molecule has 2 aromatic rings. The number of hydrogen-bond acceptors (Lipinski definition) is 4. The molecule has 0 amide bonds. The minimum absolute atomic E-state index is 0.163. The maximum absolute atomic E-state index is 11.0. The molecular weight excluding hydrogens is 232 g/mol. The molecule has 0 radical (unpaired) electrons. The van der Waals surface area contributed by atoms with Gasteiger partial charge in [-0.25, -0.2) is 4.79 Å². The summed E-state index contributed by atoms with van der Waals surface area (Å²) in [6.45, 7) is 1.62. The van der Waals surface area contributed by atoms with E-state index in [2.05, 4.69) is 10.2 Å². The van der Waals surface area contributed by atoms with E-state index in [1.165, 1.54) is 6.07 Å². The van der Waals surface area contributed by atoms with Crippen molar-refractivity contribution < 1.29 is 14.6 Å². The molecule has 92 valence electrons. The number of rotatable bonds is 3. The average Bonchev–Trinajstić information content (AvgIpc) is 2.39. The van der Waals surface area contributed by atoms with E-state index in [-0.39, 0.29) is 5.56 Å². The summed E-state index contributed by atoms with van der Waals surface area (Å²) < 4.78 is 5.06. The van der Waals surface area contributed by atoms with E-state index in [1.807, 2.05) is 12.1 Å². The highest BCUT2D eigenvalue weighted by molar-refractivity contribution is 5.89. The Morgan fingerprint density at radius 3 is 2.44 bits per heavy atom. The smallest absolute Gasteiger partial charge is 0.337 e. The molecule has 1 aromatic heterocycles. The molecule has 1 aromatic carbocycles. The van der Waals surface area contributed by atoms with E-state index in [0.29, 0.717) is 11.4 Å². The Kier molecular flexibility index (Phi) is 3.23. The molecule has 2 rings (SSSR count). The third-order valence-corrected chi connectivity index (χ3v) is 2.59. The van der Waals surface area contributed by atoms with Crippen LogP contribution in [0.25, 0.3) is 11.3 Å². The van der Waals surface area contributed by atoms with Crippen LogP contribution in [0.3, 0.4) is 0 Å². The van der Waals surface area contributed by atoms with Gasteiger partial charge in [0, 0.05) is 5.56 Å². The zero-order valence-electron chi connectivity index (χ0n) is 10.0. The van der Waals surface area contributed by atoms with Gasteiger partial charge in [0.2, 0.25) is 0 Å². The first-order chi connectivity index (χ1) is 8.61. The van der Waals surface area contributed by atoms with Crippen LogP contribution in [0.15, 0.2) is 30.3 Å². The number of carboxylic acids is 1. The number of carboxylic acid groups (broad SMARTS) is 1. The Bertz CT molecular complexity index is 579. The predicted molar refractivity (Wildman–Crippen MR) is 65.7 cm³/mol. The van der Waals surface area contributed by atoms with Crippen LogP contribution in [-0.4, -0.2) is 28.4 Å². The highest BCUT2D eigenvalue weighted by Gasteiger charge is 2.11. The second-order valence-electron chi connectivity index (χ2n) is 3.76. The van der Waals surface area contributed by atoms with Crippen LogP contribution in [0.1, 0.15) is 16.1 Å². The molecule has 0 unspecified atom stereocenters. The second kappa shape index (κ2) is 4.83. The summed E-state index contributed by atoms with van der Waals surface area (Å²) in [5.41, 5.74) is 1.89. The van der Waals surface area contributed by atoms with Gasteiger partial charge in [-0.3, -0.25) is 0 Å². The van der Waals surface area contributed by atoms with Crippen molar-refractivity contribution in [3.05, 3.63) is 41.6 Å². The van der Waals surface area contributed by atoms with Crippen LogP contribution in [0.4, 0.5) is 0 Å². The number of aromatic nitrogens is 2. The Hall–Kier alpha value is -2.43. The van der Waals surface area contributed by atoms with E-state index in [4.69, 9.17) is 9.84 Å². The first kappa shape index (κ1) is 12.0. The number of benzene rings is 1. The molecule has 0 fully saturated rings. The molecule has 18 heavy (non-hydrogen) atoms. The van der Waals surface area contributed by atoms with E-state index in [1.54, 1.807) is 26.2 Å². The topological polar surface area (TPSA) is 72.3 Å². The minimum Gasteiger partial charge on any atom is -0.497 e. The number of carbonyl (C=O) groups is 1. The van der Waals surface area contributed by atoms with Crippen molar-refractivity contribution in [2.45, 2.75) is 6.92 Å². The van der Waals surface area contributed by atoms with Gasteiger partial charge in [0.25, 0.3) is 0 Å². The lowest BCUT2D eigenvalue weighted by Gasteiger charge is -2.04. The third-order valence-electron chi connectivity index (χ3n) is 2.59. The van der Waals surface area contributed by atoms with Crippen molar-refractivity contribution in [1.29, 1.82) is 0 Å². The Morgan fingerprint density at radius 1 is 1.22 bits per heavy atom. The SMILES string of the molecule is COc1ccc(-c2cc(C(=O)O)c(C)nn2)cc1. The first-order valence-electron chi connectivity index (χ1n) is 5.34. The summed E-state index contributed by atoms with van der Waals surface area (Å²) in [7, 11) is 1.59. The Labute approximate surface area is 104 Å². The van der Waals surface area contributed by atoms with Gasteiger partial charge >= 0.3 is 5.97 Å². The molecule has 0 atom stereocenters. The molecular formula is C13H12N2O3. The van der Waals surface area contributed by atoms with E-state index >= 15 is 0 Å². The van der Waals surface area contributed by atoms with Crippen molar-refractivity contribution in [1.82, 2.24) is 10.2 Å². The quantitative estimate of drug-likeness (QED) is 0.895. The molecule has 0 aliphatic rings. The Balaban J connectivity index is 2.44. The lowest BCUT2D eigenvalue weighted by atomic mass is 10.1. The zero-order chi connectivity index (χ0) is 13.1. The fraction of sp³-hybridized carbons (Fsp3) is 0.154. The summed E-state index contributed by atoms with van der Waals surface area (Å²) in [5.74, 6) is -0.269. The van der Waals surface area contributed by atoms with Crippen LogP contribution in [0.2, 0.25) is 0 Å². The van der Waals surface area contributed by atoms with Crippen molar-refractivity contribution in [2.75, 3.05) is 7.11 Å². The highest BCUT2D eigenvalue weighted by Crippen LogP contribution is 2.21. The van der Waals surface area contributed by atoms with Crippen molar-refractivity contribution in [3.63, 3.8) is 0 Å². The molecule has 0 saturated carbocycles. The number of aryl methyl sites for hydroxylation is 1. The van der Waals surface area contributed by atoms with Crippen LogP contribution < -0.4 is 4.74 Å². The maximum atomic E-state index is 11.0. The van der Waals surface area contributed by atoms with Gasteiger partial charge in [-0.1, -0.05) is 0 Å². The largest absolute Gasteiger partial charge is 0.497 e. The number of methoxy groups -OCH3 is 1. The summed E-state index contributed by atoms with van der Waals surface area (Å²) in [6, 6.07) is 8.72. The molecule has 0 saturated heterocycles. The molecule has 1 heterocycles. The van der Waals surface area contributed by atoms with E-state index < -0.39 is 5.97 Å². The zero-order valence-corrected chi connectivity index (χ0v) is 10.0. The number of aromatic carboxylic acids is 1. The maximum Gasteiger partial charge on any atom is 0.337 e. The third kappa shape index (κ3) is 2.29. The van der Waals surface area contributed by atoms with Crippen LogP contribution in [-0.2, 0) is 0 Å². The van der Waals surface area contributed by atoms with Gasteiger partial charge < -0.3 is 9.84 Å². The second-order valence-corrected chi connectivity index (χ2v) is 3.76. The summed E-state index contributed by atoms with van der Waals surface area (Å²) in [4.78, 5) is 11.0. The summed E-state index contributed by atoms with van der Waals surface area (Å²) >= 11 is 0. The first-order valence-corrected chi connectivity index (χ1v) is 5.34. The number of hydrogen-bond donors (Lipinski definition) is 1. The van der Waals surface area contributed by atoms with E-state index in [9.17, 15) is 4.79 Å². The van der Waals surface area contributed by atoms with Gasteiger partial charge in [-0.05, 0) is 37.3 Å². The molecule has 5 nitrogen and oxygen atoms in total. The van der Waals surface area contributed by atoms with Crippen LogP contribution in [0.5, 0.6) is 5.75 Å². The molecule has 0 aliphatic heterocycles. The Morgan fingerprint density at radius 2 is 1.89 bits per heavy atom. The minimum atomic E-state index is -1.00. The lowest BCUT2D eigenvalue weighted by molar-refractivity contribution is 0.0695. The number of ether oxygens (including phenoxy) is 1. The van der Waals surface area contributed by atoms with Gasteiger partial charge in [0.1, 0.15) is 5.75 Å². The fourth-order valence-electron chi connectivity index (χ4n) is 1.57. The summed E-state index contributed by atoms with van der Waals surface area (Å²) in [5, 5.41) is 16.9. The van der Waals surface area contributed by atoms with Crippen molar-refractivity contribution in [2.24, 2.45) is 0 Å². The van der Waals surface area contributed by atoms with Crippen LogP contribution >= 0.6 is 0 Å². The fourth-order valence-corrected chi connectivity index (χ4v) is 1.57. The summed E-state index contributed by atoms with van der Waals surface area (Å²) in [6.07, 6.45) is 0. The van der Waals surface area contributed by atoms with Gasteiger partial charge in [-0.15, -0.1) is 0 Å². The number of nitrogens with zero attached hydrogens (tertiary/aromatic N) is 2.